The molecule has 0 unspecified atom stereocenters. The monoisotopic (exact) mass is 463 g/mol. The lowest BCUT2D eigenvalue weighted by Crippen LogP contribution is -2.69. The van der Waals surface area contributed by atoms with E-state index in [9.17, 15) is 9.59 Å². The van der Waals surface area contributed by atoms with E-state index in [0.29, 0.717) is 37.6 Å². The van der Waals surface area contributed by atoms with Gasteiger partial charge in [0.05, 0.1) is 16.9 Å². The minimum atomic E-state index is -0.448. The minimum absolute atomic E-state index is 0.00648. The summed E-state index contributed by atoms with van der Waals surface area (Å²) in [6, 6.07) is 16.6. The number of aromatic nitrogens is 2. The van der Waals surface area contributed by atoms with E-state index in [1.807, 2.05) is 67.0 Å². The fourth-order valence-corrected chi connectivity index (χ4v) is 4.96. The fourth-order valence-electron chi connectivity index (χ4n) is 4.73. The summed E-state index contributed by atoms with van der Waals surface area (Å²) >= 11 is 6.29. The molecule has 170 valence electrons. The Morgan fingerprint density at radius 1 is 0.970 bits per heavy atom. The molecule has 7 nitrogen and oxygen atoms in total. The van der Waals surface area contributed by atoms with Crippen molar-refractivity contribution < 1.29 is 9.59 Å². The van der Waals surface area contributed by atoms with Crippen LogP contribution in [0.2, 0.25) is 5.02 Å². The highest BCUT2D eigenvalue weighted by molar-refractivity contribution is 6.32. The standard InChI is InChI=1S/C25H26ClN5O2/c1-28-22(13-18-7-3-2-4-8-18)25(33)30-12-11-29(17-23(30)24(28)32)15-19-14-27-31(16-19)21-10-6-5-9-20(21)26/h2-10,14,16,22-23H,11-13,15,17H2,1H3/t22-,23+/m0/s1. The maximum Gasteiger partial charge on any atom is 0.247 e. The molecule has 5 rings (SSSR count). The van der Waals surface area contributed by atoms with E-state index in [4.69, 9.17) is 11.6 Å². The van der Waals surface area contributed by atoms with Crippen LogP contribution < -0.4 is 0 Å². The van der Waals surface area contributed by atoms with Crippen molar-refractivity contribution in [3.63, 3.8) is 0 Å². The number of likely N-dealkylation sites (N-methyl/N-ethyl adjacent to an activating group) is 1. The lowest BCUT2D eigenvalue weighted by atomic mass is 9.97. The summed E-state index contributed by atoms with van der Waals surface area (Å²) in [5.41, 5.74) is 2.92. The summed E-state index contributed by atoms with van der Waals surface area (Å²) in [5.74, 6) is 0.0455. The van der Waals surface area contributed by atoms with E-state index in [0.717, 1.165) is 16.8 Å². The topological polar surface area (TPSA) is 61.7 Å². The molecule has 0 N–H and O–H groups in total. The third-order valence-electron chi connectivity index (χ3n) is 6.55. The normalized spacial score (nSPS) is 21.4. The van der Waals surface area contributed by atoms with Gasteiger partial charge in [0, 0.05) is 51.4 Å². The Labute approximate surface area is 198 Å². The number of nitrogens with zero attached hydrogens (tertiary/aromatic N) is 5. The molecule has 0 bridgehead atoms. The second-order valence-electron chi connectivity index (χ2n) is 8.68. The van der Waals surface area contributed by atoms with Gasteiger partial charge in [-0.2, -0.15) is 5.10 Å². The van der Waals surface area contributed by atoms with Crippen LogP contribution >= 0.6 is 11.6 Å². The van der Waals surface area contributed by atoms with E-state index in [1.54, 1.807) is 21.5 Å². The van der Waals surface area contributed by atoms with Gasteiger partial charge in [-0.05, 0) is 17.7 Å². The lowest BCUT2D eigenvalue weighted by Gasteiger charge is -2.48. The molecule has 2 aliphatic rings. The molecule has 3 aromatic rings. The quantitative estimate of drug-likeness (QED) is 0.583. The molecule has 3 heterocycles. The van der Waals surface area contributed by atoms with Crippen LogP contribution in [-0.4, -0.2) is 75.1 Å². The predicted octanol–water partition coefficient (Wildman–Crippen LogP) is 2.62. The number of carbonyl (C=O) groups is 2. The average molecular weight is 464 g/mol. The predicted molar refractivity (Wildman–Crippen MR) is 126 cm³/mol. The van der Waals surface area contributed by atoms with Crippen LogP contribution in [0.15, 0.2) is 67.0 Å². The number of hydrogen-bond acceptors (Lipinski definition) is 4. The lowest BCUT2D eigenvalue weighted by molar-refractivity contribution is -0.164. The second kappa shape index (κ2) is 9.00. The van der Waals surface area contributed by atoms with Crippen molar-refractivity contribution in [3.05, 3.63) is 83.1 Å². The van der Waals surface area contributed by atoms with E-state index in [2.05, 4.69) is 10.00 Å². The summed E-state index contributed by atoms with van der Waals surface area (Å²) in [5, 5.41) is 5.09. The van der Waals surface area contributed by atoms with Crippen LogP contribution in [0.4, 0.5) is 0 Å². The highest BCUT2D eigenvalue weighted by Gasteiger charge is 2.46. The van der Waals surface area contributed by atoms with E-state index in [-0.39, 0.29) is 11.8 Å². The number of halogens is 1. The Morgan fingerprint density at radius 2 is 1.73 bits per heavy atom. The molecule has 2 aromatic carbocycles. The third-order valence-corrected chi connectivity index (χ3v) is 6.87. The highest BCUT2D eigenvalue weighted by Crippen LogP contribution is 2.25. The zero-order valence-electron chi connectivity index (χ0n) is 18.5. The maximum atomic E-state index is 13.3. The van der Waals surface area contributed by atoms with Crippen molar-refractivity contribution >= 4 is 23.4 Å². The molecule has 2 saturated heterocycles. The van der Waals surface area contributed by atoms with Crippen molar-refractivity contribution in [2.24, 2.45) is 0 Å². The number of benzene rings is 2. The van der Waals surface area contributed by atoms with Gasteiger partial charge in [0.15, 0.2) is 0 Å². The molecule has 0 aliphatic carbocycles. The van der Waals surface area contributed by atoms with Crippen LogP contribution in [0, 0.1) is 0 Å². The van der Waals surface area contributed by atoms with Crippen LogP contribution in [0.5, 0.6) is 0 Å². The molecule has 2 aliphatic heterocycles. The molecular formula is C25H26ClN5O2. The number of rotatable bonds is 5. The van der Waals surface area contributed by atoms with Crippen molar-refractivity contribution in [2.75, 3.05) is 26.7 Å². The van der Waals surface area contributed by atoms with E-state index < -0.39 is 12.1 Å². The first kappa shape index (κ1) is 21.7. The van der Waals surface area contributed by atoms with Crippen LogP contribution in [-0.2, 0) is 22.6 Å². The molecule has 2 atom stereocenters. The van der Waals surface area contributed by atoms with Gasteiger partial charge < -0.3 is 9.80 Å². The SMILES string of the molecule is CN1C(=O)[C@H]2CN(Cc3cnn(-c4ccccc4Cl)c3)CCN2C(=O)[C@@H]1Cc1ccccc1. The van der Waals surface area contributed by atoms with Crippen molar-refractivity contribution in [1.82, 2.24) is 24.5 Å². The molecule has 8 heteroatoms. The Hall–Kier alpha value is -3.16. The zero-order valence-corrected chi connectivity index (χ0v) is 19.2. The summed E-state index contributed by atoms with van der Waals surface area (Å²) in [4.78, 5) is 32.1. The molecule has 2 fully saturated rings. The zero-order chi connectivity index (χ0) is 22.9. The first-order valence-electron chi connectivity index (χ1n) is 11.1. The summed E-state index contributed by atoms with van der Waals surface area (Å²) in [7, 11) is 1.75. The number of carbonyl (C=O) groups excluding carboxylic acids is 2. The number of amides is 2. The number of fused-ring (bicyclic) bond motifs is 1. The third kappa shape index (κ3) is 4.26. The first-order chi connectivity index (χ1) is 16.0. The van der Waals surface area contributed by atoms with Crippen molar-refractivity contribution in [2.45, 2.75) is 25.0 Å². The Kier molecular flexibility index (Phi) is 5.91. The number of para-hydroxylation sites is 1. The molecule has 1 aromatic heterocycles. The molecule has 0 spiro atoms. The van der Waals surface area contributed by atoms with Gasteiger partial charge in [-0.25, -0.2) is 4.68 Å². The minimum Gasteiger partial charge on any atom is -0.332 e. The maximum absolute atomic E-state index is 13.3. The molecular weight excluding hydrogens is 438 g/mol. The van der Waals surface area contributed by atoms with E-state index >= 15 is 0 Å². The van der Waals surface area contributed by atoms with Gasteiger partial charge in [-0.3, -0.25) is 14.5 Å². The Bertz CT molecular complexity index is 1160. The van der Waals surface area contributed by atoms with Gasteiger partial charge in [0.2, 0.25) is 11.8 Å². The number of hydrogen-bond donors (Lipinski definition) is 0. The van der Waals surface area contributed by atoms with Gasteiger partial charge in [-0.1, -0.05) is 54.1 Å². The summed E-state index contributed by atoms with van der Waals surface area (Å²) < 4.78 is 1.77. The second-order valence-corrected chi connectivity index (χ2v) is 9.09. The smallest absolute Gasteiger partial charge is 0.247 e. The van der Waals surface area contributed by atoms with Gasteiger partial charge in [0.1, 0.15) is 12.1 Å². The molecule has 2 amide bonds. The Balaban J connectivity index is 1.27. The first-order valence-corrected chi connectivity index (χ1v) is 11.5. The molecule has 33 heavy (non-hydrogen) atoms. The highest BCUT2D eigenvalue weighted by atomic mass is 35.5. The average Bonchev–Trinajstić information content (AvgIpc) is 3.29. The summed E-state index contributed by atoms with van der Waals surface area (Å²) in [6.45, 7) is 2.44. The fraction of sp³-hybridized carbons (Fsp3) is 0.320. The van der Waals surface area contributed by atoms with Crippen molar-refractivity contribution in [3.8, 4) is 5.69 Å². The van der Waals surface area contributed by atoms with Crippen LogP contribution in [0.25, 0.3) is 5.69 Å². The van der Waals surface area contributed by atoms with E-state index in [1.165, 1.54) is 0 Å². The van der Waals surface area contributed by atoms with Crippen LogP contribution in [0.3, 0.4) is 0 Å². The van der Waals surface area contributed by atoms with Crippen molar-refractivity contribution in [1.29, 1.82) is 0 Å². The van der Waals surface area contributed by atoms with Gasteiger partial charge in [-0.15, -0.1) is 0 Å². The Morgan fingerprint density at radius 3 is 2.52 bits per heavy atom. The molecule has 0 saturated carbocycles. The number of piperazine rings is 2. The summed E-state index contributed by atoms with van der Waals surface area (Å²) in [6.07, 6.45) is 4.32. The van der Waals surface area contributed by atoms with Gasteiger partial charge in [0.25, 0.3) is 0 Å². The molecule has 0 radical (unpaired) electrons. The van der Waals surface area contributed by atoms with Crippen LogP contribution in [0.1, 0.15) is 11.1 Å². The largest absolute Gasteiger partial charge is 0.332 e. The van der Waals surface area contributed by atoms with Gasteiger partial charge >= 0.3 is 0 Å².